The molecule has 4 fully saturated rings. The predicted octanol–water partition coefficient (Wildman–Crippen LogP) is -0.424. The van der Waals surface area contributed by atoms with E-state index < -0.39 is 12.1 Å². The second-order valence-corrected chi connectivity index (χ2v) is 5.84. The smallest absolute Gasteiger partial charge is 0.334 e. The first-order chi connectivity index (χ1) is 9.63. The van der Waals surface area contributed by atoms with Crippen molar-refractivity contribution in [3.05, 3.63) is 0 Å². The molecule has 4 rings (SSSR count). The fraction of sp³-hybridized carbons (Fsp3) is 0.846. The van der Waals surface area contributed by atoms with E-state index in [0.717, 1.165) is 32.5 Å². The number of amides is 2. The number of ether oxygens (including phenoxy) is 1. The van der Waals surface area contributed by atoms with Gasteiger partial charge in [0.25, 0.3) is 0 Å². The summed E-state index contributed by atoms with van der Waals surface area (Å²) >= 11 is 0. The number of urea groups is 1. The topological polar surface area (TPSA) is 82.1 Å². The number of morpholine rings is 1. The lowest BCUT2D eigenvalue weighted by Gasteiger charge is -2.45. The van der Waals surface area contributed by atoms with Crippen LogP contribution in [-0.4, -0.2) is 78.4 Å². The van der Waals surface area contributed by atoms with Gasteiger partial charge in [0, 0.05) is 19.1 Å². The van der Waals surface area contributed by atoms with Crippen molar-refractivity contribution in [2.24, 2.45) is 5.92 Å². The molecule has 0 aliphatic carbocycles. The third-order valence-corrected chi connectivity index (χ3v) is 4.59. The van der Waals surface area contributed by atoms with Gasteiger partial charge in [0.15, 0.2) is 6.10 Å². The zero-order valence-electron chi connectivity index (χ0n) is 11.5. The third kappa shape index (κ3) is 2.73. The van der Waals surface area contributed by atoms with Crippen molar-refractivity contribution in [1.29, 1.82) is 0 Å². The lowest BCUT2D eigenvalue weighted by molar-refractivity contribution is -0.154. The molecule has 20 heavy (non-hydrogen) atoms. The molecule has 0 aromatic heterocycles. The van der Waals surface area contributed by atoms with Crippen molar-refractivity contribution in [3.63, 3.8) is 0 Å². The second kappa shape index (κ2) is 5.57. The van der Waals surface area contributed by atoms with E-state index in [2.05, 4.69) is 10.2 Å². The summed E-state index contributed by atoms with van der Waals surface area (Å²) < 4.78 is 5.13. The van der Waals surface area contributed by atoms with Crippen LogP contribution in [0.5, 0.6) is 0 Å². The fourth-order valence-corrected chi connectivity index (χ4v) is 3.36. The molecule has 112 valence electrons. The number of piperidine rings is 3. The molecule has 2 N–H and O–H groups in total. The molecule has 4 aliphatic heterocycles. The molecule has 2 amide bonds. The van der Waals surface area contributed by atoms with Crippen molar-refractivity contribution in [3.8, 4) is 0 Å². The van der Waals surface area contributed by atoms with Crippen molar-refractivity contribution >= 4 is 12.0 Å². The molecule has 0 radical (unpaired) electrons. The predicted molar refractivity (Wildman–Crippen MR) is 70.4 cm³/mol. The highest BCUT2D eigenvalue weighted by Gasteiger charge is 2.36. The van der Waals surface area contributed by atoms with E-state index in [4.69, 9.17) is 9.84 Å². The van der Waals surface area contributed by atoms with Crippen molar-refractivity contribution < 1.29 is 19.4 Å². The zero-order chi connectivity index (χ0) is 14.1. The quantitative estimate of drug-likeness (QED) is 0.719. The molecule has 7 heteroatoms. The standard InChI is InChI=1S/C13H21N3O4/c17-12(18)11-8-16(5-6-20-11)13(19)14-10-7-15-3-1-9(10)2-4-15/h9-11H,1-8H2,(H,14,19)(H,17,18). The number of nitrogens with one attached hydrogen (secondary N) is 1. The average Bonchev–Trinajstić information content (AvgIpc) is 2.48. The maximum Gasteiger partial charge on any atom is 0.334 e. The van der Waals surface area contributed by atoms with Gasteiger partial charge < -0.3 is 25.0 Å². The lowest BCUT2D eigenvalue weighted by atomic mass is 9.84. The summed E-state index contributed by atoms with van der Waals surface area (Å²) in [6, 6.07) is 0.0504. The first-order valence-electron chi connectivity index (χ1n) is 7.25. The molecule has 2 bridgehead atoms. The van der Waals surface area contributed by atoms with Crippen LogP contribution in [0.4, 0.5) is 4.79 Å². The Kier molecular flexibility index (Phi) is 3.80. The summed E-state index contributed by atoms with van der Waals surface area (Å²) in [6.45, 7) is 4.05. The van der Waals surface area contributed by atoms with Gasteiger partial charge in [0.1, 0.15) is 0 Å². The molecule has 4 saturated heterocycles. The number of nitrogens with zero attached hydrogens (tertiary/aromatic N) is 2. The van der Waals surface area contributed by atoms with Crippen LogP contribution in [0.15, 0.2) is 0 Å². The highest BCUT2D eigenvalue weighted by molar-refractivity contribution is 5.77. The molecule has 0 aromatic carbocycles. The molecule has 0 aromatic rings. The van der Waals surface area contributed by atoms with E-state index in [1.165, 1.54) is 0 Å². The van der Waals surface area contributed by atoms with Crippen LogP contribution in [0.2, 0.25) is 0 Å². The summed E-state index contributed by atoms with van der Waals surface area (Å²) in [4.78, 5) is 27.1. The van der Waals surface area contributed by atoms with E-state index in [9.17, 15) is 9.59 Å². The van der Waals surface area contributed by atoms with Gasteiger partial charge in [-0.3, -0.25) is 0 Å². The Morgan fingerprint density at radius 1 is 1.15 bits per heavy atom. The van der Waals surface area contributed by atoms with Crippen LogP contribution in [0.1, 0.15) is 12.8 Å². The Bertz CT molecular complexity index is 395. The number of carbonyl (C=O) groups excluding carboxylic acids is 1. The largest absolute Gasteiger partial charge is 0.479 e. The first kappa shape index (κ1) is 13.6. The monoisotopic (exact) mass is 283 g/mol. The van der Waals surface area contributed by atoms with Gasteiger partial charge in [-0.15, -0.1) is 0 Å². The summed E-state index contributed by atoms with van der Waals surface area (Å²) in [5.74, 6) is -0.439. The first-order valence-corrected chi connectivity index (χ1v) is 7.25. The maximum absolute atomic E-state index is 12.3. The molecular formula is C13H21N3O4. The number of carboxylic acid groups (broad SMARTS) is 1. The zero-order valence-corrected chi connectivity index (χ0v) is 11.5. The molecule has 2 unspecified atom stereocenters. The minimum atomic E-state index is -1.01. The molecule has 4 heterocycles. The molecule has 0 saturated carbocycles. The summed E-state index contributed by atoms with van der Waals surface area (Å²) in [5.41, 5.74) is 0. The van der Waals surface area contributed by atoms with Crippen LogP contribution in [0, 0.1) is 5.92 Å². The highest BCUT2D eigenvalue weighted by atomic mass is 16.5. The van der Waals surface area contributed by atoms with E-state index >= 15 is 0 Å². The number of aliphatic carboxylic acids is 1. The number of hydrogen-bond acceptors (Lipinski definition) is 4. The summed E-state index contributed by atoms with van der Waals surface area (Å²) in [6.07, 6.45) is 1.39. The maximum atomic E-state index is 12.3. The third-order valence-electron chi connectivity index (χ3n) is 4.59. The number of carboxylic acids is 1. The fourth-order valence-electron chi connectivity index (χ4n) is 3.36. The highest BCUT2D eigenvalue weighted by Crippen LogP contribution is 2.27. The summed E-state index contributed by atoms with van der Waals surface area (Å²) in [7, 11) is 0. The minimum absolute atomic E-state index is 0.127. The average molecular weight is 283 g/mol. The Labute approximate surface area is 117 Å². The van der Waals surface area contributed by atoms with E-state index in [-0.39, 0.29) is 25.2 Å². The van der Waals surface area contributed by atoms with Crippen LogP contribution >= 0.6 is 0 Å². The Morgan fingerprint density at radius 2 is 1.90 bits per heavy atom. The Hall–Kier alpha value is -1.34. The van der Waals surface area contributed by atoms with Crippen molar-refractivity contribution in [2.75, 3.05) is 39.3 Å². The van der Waals surface area contributed by atoms with Crippen LogP contribution in [0.25, 0.3) is 0 Å². The Morgan fingerprint density at radius 3 is 2.50 bits per heavy atom. The van der Waals surface area contributed by atoms with Crippen LogP contribution in [-0.2, 0) is 9.53 Å². The molecule has 7 nitrogen and oxygen atoms in total. The second-order valence-electron chi connectivity index (χ2n) is 5.84. The van der Waals surface area contributed by atoms with Crippen molar-refractivity contribution in [2.45, 2.75) is 25.0 Å². The Balaban J connectivity index is 1.55. The number of hydrogen-bond donors (Lipinski definition) is 2. The van der Waals surface area contributed by atoms with E-state index in [1.54, 1.807) is 4.90 Å². The normalized spacial score (nSPS) is 36.7. The van der Waals surface area contributed by atoms with Crippen molar-refractivity contribution in [1.82, 2.24) is 15.1 Å². The number of rotatable bonds is 2. The molecular weight excluding hydrogens is 262 g/mol. The summed E-state index contributed by atoms with van der Waals surface area (Å²) in [5, 5.41) is 12.0. The number of carbonyl (C=O) groups is 2. The van der Waals surface area contributed by atoms with Gasteiger partial charge in [-0.25, -0.2) is 9.59 Å². The van der Waals surface area contributed by atoms with E-state index in [1.807, 2.05) is 0 Å². The lowest BCUT2D eigenvalue weighted by Crippen LogP contribution is -2.60. The van der Waals surface area contributed by atoms with Crippen LogP contribution in [0.3, 0.4) is 0 Å². The number of fused-ring (bicyclic) bond motifs is 3. The SMILES string of the molecule is O=C(O)C1CN(C(=O)NC2CN3CCC2CC3)CCO1. The van der Waals surface area contributed by atoms with Gasteiger partial charge >= 0.3 is 12.0 Å². The minimum Gasteiger partial charge on any atom is -0.479 e. The van der Waals surface area contributed by atoms with Gasteiger partial charge in [0.05, 0.1) is 13.2 Å². The van der Waals surface area contributed by atoms with E-state index in [0.29, 0.717) is 12.5 Å². The van der Waals surface area contributed by atoms with Gasteiger partial charge in [-0.05, 0) is 31.8 Å². The van der Waals surface area contributed by atoms with Gasteiger partial charge in [0.2, 0.25) is 0 Å². The van der Waals surface area contributed by atoms with Gasteiger partial charge in [-0.1, -0.05) is 0 Å². The molecule has 0 spiro atoms. The molecule has 4 aliphatic rings. The van der Waals surface area contributed by atoms with Gasteiger partial charge in [-0.2, -0.15) is 0 Å². The molecule has 2 atom stereocenters. The van der Waals surface area contributed by atoms with Crippen LogP contribution < -0.4 is 5.32 Å².